The Morgan fingerprint density at radius 2 is 1.85 bits per heavy atom. The van der Waals surface area contributed by atoms with Crippen LogP contribution in [0.3, 0.4) is 0 Å². The number of fused-ring (bicyclic) bond motifs is 1. The van der Waals surface area contributed by atoms with Crippen LogP contribution in [0.25, 0.3) is 10.9 Å². The van der Waals surface area contributed by atoms with Gasteiger partial charge < -0.3 is 16.0 Å². The van der Waals surface area contributed by atoms with Gasteiger partial charge in [-0.2, -0.15) is 0 Å². The van der Waals surface area contributed by atoms with E-state index in [0.29, 0.717) is 6.54 Å². The predicted molar refractivity (Wildman–Crippen MR) is 114 cm³/mol. The fraction of sp³-hybridized carbons (Fsp3) is 0.318. The van der Waals surface area contributed by atoms with Crippen molar-refractivity contribution in [1.82, 2.24) is 10.3 Å². The highest BCUT2D eigenvalue weighted by Crippen LogP contribution is 2.23. The van der Waals surface area contributed by atoms with Gasteiger partial charge in [0.15, 0.2) is 0 Å². The molecule has 0 aliphatic rings. The van der Waals surface area contributed by atoms with Crippen LogP contribution in [0.2, 0.25) is 0 Å². The number of aromatic nitrogens is 1. The maximum absolute atomic E-state index is 12.5. The normalized spacial score (nSPS) is 13.0. The van der Waals surface area contributed by atoms with E-state index in [2.05, 4.69) is 41.6 Å². The van der Waals surface area contributed by atoms with E-state index in [0.717, 1.165) is 18.4 Å². The van der Waals surface area contributed by atoms with Crippen LogP contribution in [-0.4, -0.2) is 17.4 Å². The minimum absolute atomic E-state index is 0. The quantitative estimate of drug-likeness (QED) is 0.571. The first kappa shape index (κ1) is 21.0. The number of amides is 1. The number of aryl methyl sites for hydroxylation is 1. The Kier molecular flexibility index (Phi) is 7.45. The van der Waals surface area contributed by atoms with Crippen molar-refractivity contribution in [3.05, 3.63) is 71.4 Å². The number of aromatic amines is 1. The van der Waals surface area contributed by atoms with Crippen LogP contribution >= 0.6 is 12.4 Å². The summed E-state index contributed by atoms with van der Waals surface area (Å²) in [5.74, 6) is -0.275. The zero-order chi connectivity index (χ0) is 18.5. The maximum atomic E-state index is 12.5. The van der Waals surface area contributed by atoms with Crippen LogP contribution in [-0.2, 0) is 17.6 Å². The first-order valence-electron chi connectivity index (χ1n) is 9.28. The molecule has 1 aromatic heterocycles. The summed E-state index contributed by atoms with van der Waals surface area (Å²) < 4.78 is 0. The highest BCUT2D eigenvalue weighted by atomic mass is 35.5. The molecule has 1 heterocycles. The molecule has 0 saturated heterocycles. The molecule has 2 unspecified atom stereocenters. The molecule has 27 heavy (non-hydrogen) atoms. The second-order valence-corrected chi connectivity index (χ2v) is 6.77. The van der Waals surface area contributed by atoms with Gasteiger partial charge in [0.25, 0.3) is 0 Å². The van der Waals surface area contributed by atoms with Crippen LogP contribution in [0.1, 0.15) is 36.6 Å². The van der Waals surface area contributed by atoms with Crippen molar-refractivity contribution in [2.45, 2.75) is 32.7 Å². The largest absolute Gasteiger partial charge is 0.361 e. The molecular formula is C22H28ClN3O. The van der Waals surface area contributed by atoms with Gasteiger partial charge in [-0.05, 0) is 29.5 Å². The van der Waals surface area contributed by atoms with Crippen molar-refractivity contribution in [2.75, 3.05) is 6.54 Å². The number of halogens is 1. The lowest BCUT2D eigenvalue weighted by Crippen LogP contribution is -2.36. The fourth-order valence-electron chi connectivity index (χ4n) is 3.39. The second-order valence-electron chi connectivity index (χ2n) is 6.77. The van der Waals surface area contributed by atoms with Gasteiger partial charge >= 0.3 is 0 Å². The number of nitrogens with two attached hydrogens (primary N) is 1. The summed E-state index contributed by atoms with van der Waals surface area (Å²) in [6.07, 6.45) is 3.85. The molecule has 2 atom stereocenters. The lowest BCUT2D eigenvalue weighted by atomic mass is 9.94. The lowest BCUT2D eigenvalue weighted by molar-refractivity contribution is -0.125. The molecule has 0 saturated carbocycles. The molecular weight excluding hydrogens is 358 g/mol. The van der Waals surface area contributed by atoms with E-state index in [-0.39, 0.29) is 30.3 Å². The molecule has 0 aliphatic carbocycles. The monoisotopic (exact) mass is 385 g/mol. The number of hydrogen-bond acceptors (Lipinski definition) is 2. The topological polar surface area (TPSA) is 70.9 Å². The third-order valence-electron chi connectivity index (χ3n) is 5.10. The molecule has 3 aromatic rings. The number of para-hydroxylation sites is 1. The Hall–Kier alpha value is -2.30. The van der Waals surface area contributed by atoms with Gasteiger partial charge in [0.1, 0.15) is 0 Å². The molecule has 3 rings (SSSR count). The van der Waals surface area contributed by atoms with Crippen LogP contribution < -0.4 is 11.1 Å². The van der Waals surface area contributed by atoms with Crippen molar-refractivity contribution in [2.24, 2.45) is 11.7 Å². The van der Waals surface area contributed by atoms with Gasteiger partial charge in [-0.15, -0.1) is 12.4 Å². The molecule has 4 N–H and O–H groups in total. The van der Waals surface area contributed by atoms with E-state index in [1.54, 1.807) is 0 Å². The maximum Gasteiger partial charge on any atom is 0.224 e. The van der Waals surface area contributed by atoms with Crippen LogP contribution in [0, 0.1) is 5.92 Å². The van der Waals surface area contributed by atoms with Crippen molar-refractivity contribution in [1.29, 1.82) is 0 Å². The molecule has 1 amide bonds. The first-order chi connectivity index (χ1) is 12.6. The Balaban J connectivity index is 0.00000261. The summed E-state index contributed by atoms with van der Waals surface area (Å²) in [6, 6.07) is 15.9. The number of rotatable bonds is 7. The predicted octanol–water partition coefficient (Wildman–Crippen LogP) is 4.15. The van der Waals surface area contributed by atoms with E-state index >= 15 is 0 Å². The standard InChI is InChI=1S/C22H27N3O.ClH/c1-3-16-10-7-11-19-18(14-25-21(16)19)12-13-24-22(26)15(2)20(23)17-8-5-4-6-9-17;/h4-11,14-15,20,25H,3,12-13,23H2,1-2H3,(H,24,26);1H. The minimum atomic E-state index is -0.295. The first-order valence-corrected chi connectivity index (χ1v) is 9.28. The van der Waals surface area contributed by atoms with Gasteiger partial charge in [-0.1, -0.05) is 62.4 Å². The number of carbonyl (C=O) groups is 1. The molecule has 0 radical (unpaired) electrons. The average molecular weight is 386 g/mol. The zero-order valence-electron chi connectivity index (χ0n) is 15.9. The van der Waals surface area contributed by atoms with Crippen molar-refractivity contribution in [3.63, 3.8) is 0 Å². The van der Waals surface area contributed by atoms with E-state index in [1.807, 2.05) is 37.3 Å². The molecule has 5 heteroatoms. The third kappa shape index (κ3) is 4.71. The number of H-pyrrole nitrogens is 1. The second kappa shape index (κ2) is 9.58. The van der Waals surface area contributed by atoms with Gasteiger partial charge in [-0.25, -0.2) is 0 Å². The summed E-state index contributed by atoms with van der Waals surface area (Å²) in [5, 5.41) is 4.28. The van der Waals surface area contributed by atoms with E-state index in [1.165, 1.54) is 22.0 Å². The highest BCUT2D eigenvalue weighted by Gasteiger charge is 2.21. The van der Waals surface area contributed by atoms with Gasteiger partial charge in [0, 0.05) is 29.7 Å². The molecule has 0 bridgehead atoms. The summed E-state index contributed by atoms with van der Waals surface area (Å²) in [6.45, 7) is 4.65. The van der Waals surface area contributed by atoms with E-state index < -0.39 is 0 Å². The van der Waals surface area contributed by atoms with Crippen LogP contribution in [0.15, 0.2) is 54.7 Å². The molecule has 0 spiro atoms. The lowest BCUT2D eigenvalue weighted by Gasteiger charge is -2.19. The van der Waals surface area contributed by atoms with Gasteiger partial charge in [0.2, 0.25) is 5.91 Å². The number of hydrogen-bond donors (Lipinski definition) is 3. The molecule has 4 nitrogen and oxygen atoms in total. The molecule has 0 aliphatic heterocycles. The summed E-state index contributed by atoms with van der Waals surface area (Å²) >= 11 is 0. The van der Waals surface area contributed by atoms with Crippen molar-refractivity contribution >= 4 is 29.2 Å². The van der Waals surface area contributed by atoms with E-state index in [9.17, 15) is 4.79 Å². The van der Waals surface area contributed by atoms with Crippen LogP contribution in [0.4, 0.5) is 0 Å². The summed E-state index contributed by atoms with van der Waals surface area (Å²) in [5.41, 5.74) is 11.0. The fourth-order valence-corrected chi connectivity index (χ4v) is 3.39. The summed E-state index contributed by atoms with van der Waals surface area (Å²) in [4.78, 5) is 15.8. The van der Waals surface area contributed by atoms with Crippen LogP contribution in [0.5, 0.6) is 0 Å². The Labute approximate surface area is 167 Å². The van der Waals surface area contributed by atoms with E-state index in [4.69, 9.17) is 5.73 Å². The average Bonchev–Trinajstić information content (AvgIpc) is 3.10. The number of benzene rings is 2. The van der Waals surface area contributed by atoms with Gasteiger partial charge in [0.05, 0.1) is 5.92 Å². The van der Waals surface area contributed by atoms with Crippen molar-refractivity contribution < 1.29 is 4.79 Å². The number of nitrogens with one attached hydrogen (secondary N) is 2. The Morgan fingerprint density at radius 3 is 2.56 bits per heavy atom. The summed E-state index contributed by atoms with van der Waals surface area (Å²) in [7, 11) is 0. The SMILES string of the molecule is CCc1cccc2c(CCNC(=O)C(C)C(N)c3ccccc3)c[nH]c12.Cl. The van der Waals surface area contributed by atoms with Crippen molar-refractivity contribution in [3.8, 4) is 0 Å². The number of carbonyl (C=O) groups excluding carboxylic acids is 1. The highest BCUT2D eigenvalue weighted by molar-refractivity contribution is 5.86. The Morgan fingerprint density at radius 1 is 1.11 bits per heavy atom. The Bertz CT molecular complexity index is 876. The smallest absolute Gasteiger partial charge is 0.224 e. The molecule has 2 aromatic carbocycles. The zero-order valence-corrected chi connectivity index (χ0v) is 16.7. The molecule has 0 fully saturated rings. The minimum Gasteiger partial charge on any atom is -0.361 e. The molecule has 144 valence electrons. The third-order valence-corrected chi connectivity index (χ3v) is 5.10. The van der Waals surface area contributed by atoms with Gasteiger partial charge in [-0.3, -0.25) is 4.79 Å².